The van der Waals surface area contributed by atoms with E-state index in [1.54, 1.807) is 30.3 Å². The van der Waals surface area contributed by atoms with Gasteiger partial charge in [0.15, 0.2) is 0 Å². The third-order valence-corrected chi connectivity index (χ3v) is 5.08. The fourth-order valence-corrected chi connectivity index (χ4v) is 3.51. The van der Waals surface area contributed by atoms with E-state index >= 15 is 0 Å². The standard InChI is InChI=1S/C17H14N2O2S2/c1-11-7-9-23-15(11)17(21)19-13-5-2-4-12(10-13)18-16(20)14-6-3-8-22-14/h2-10H,1H3,(H,18,20)(H,19,21). The van der Waals surface area contributed by atoms with Gasteiger partial charge in [-0.05, 0) is 53.6 Å². The highest BCUT2D eigenvalue weighted by Crippen LogP contribution is 2.21. The van der Waals surface area contributed by atoms with Crippen molar-refractivity contribution in [3.05, 3.63) is 68.5 Å². The van der Waals surface area contributed by atoms with Crippen molar-refractivity contribution in [3.8, 4) is 0 Å². The monoisotopic (exact) mass is 342 g/mol. The van der Waals surface area contributed by atoms with Gasteiger partial charge in [-0.3, -0.25) is 9.59 Å². The number of hydrogen-bond donors (Lipinski definition) is 2. The highest BCUT2D eigenvalue weighted by Gasteiger charge is 2.11. The summed E-state index contributed by atoms with van der Waals surface area (Å²) in [6.45, 7) is 1.91. The average Bonchev–Trinajstić information content (AvgIpc) is 3.18. The predicted molar refractivity (Wildman–Crippen MR) is 95.7 cm³/mol. The molecule has 0 spiro atoms. The first-order valence-electron chi connectivity index (χ1n) is 6.94. The summed E-state index contributed by atoms with van der Waals surface area (Å²) in [6, 6.07) is 12.6. The van der Waals surface area contributed by atoms with Gasteiger partial charge in [0.1, 0.15) is 0 Å². The SMILES string of the molecule is Cc1ccsc1C(=O)Nc1cccc(NC(=O)c2cccs2)c1. The zero-order valence-electron chi connectivity index (χ0n) is 12.3. The summed E-state index contributed by atoms with van der Waals surface area (Å²) >= 11 is 2.79. The van der Waals surface area contributed by atoms with E-state index in [4.69, 9.17) is 0 Å². The Hall–Kier alpha value is -2.44. The molecule has 0 saturated carbocycles. The lowest BCUT2D eigenvalue weighted by atomic mass is 10.2. The number of rotatable bonds is 4. The molecule has 0 aliphatic rings. The van der Waals surface area contributed by atoms with Gasteiger partial charge in [-0.2, -0.15) is 0 Å². The van der Waals surface area contributed by atoms with Gasteiger partial charge in [0.25, 0.3) is 11.8 Å². The van der Waals surface area contributed by atoms with Crippen LogP contribution in [0.5, 0.6) is 0 Å². The quantitative estimate of drug-likeness (QED) is 0.727. The minimum absolute atomic E-state index is 0.140. The smallest absolute Gasteiger partial charge is 0.265 e. The topological polar surface area (TPSA) is 58.2 Å². The highest BCUT2D eigenvalue weighted by atomic mass is 32.1. The summed E-state index contributed by atoms with van der Waals surface area (Å²) in [5, 5.41) is 9.43. The maximum atomic E-state index is 12.2. The maximum absolute atomic E-state index is 12.2. The van der Waals surface area contributed by atoms with Gasteiger partial charge < -0.3 is 10.6 Å². The predicted octanol–water partition coefficient (Wildman–Crippen LogP) is 4.62. The van der Waals surface area contributed by atoms with E-state index in [1.165, 1.54) is 22.7 Å². The molecule has 3 rings (SSSR count). The number of aryl methyl sites for hydroxylation is 1. The van der Waals surface area contributed by atoms with Crippen molar-refractivity contribution in [2.45, 2.75) is 6.92 Å². The Morgan fingerprint density at radius 1 is 0.870 bits per heavy atom. The Labute approximate surface area is 141 Å². The van der Waals surface area contributed by atoms with Crippen LogP contribution in [0.2, 0.25) is 0 Å². The zero-order chi connectivity index (χ0) is 16.2. The number of anilines is 2. The molecule has 0 aliphatic heterocycles. The number of amides is 2. The second-order valence-electron chi connectivity index (χ2n) is 4.90. The van der Waals surface area contributed by atoms with Crippen molar-refractivity contribution >= 4 is 45.9 Å². The van der Waals surface area contributed by atoms with Crippen LogP contribution in [0.15, 0.2) is 53.2 Å². The molecule has 3 aromatic rings. The van der Waals surface area contributed by atoms with Gasteiger partial charge in [-0.1, -0.05) is 12.1 Å². The number of hydrogen-bond acceptors (Lipinski definition) is 4. The van der Waals surface area contributed by atoms with Gasteiger partial charge in [0.05, 0.1) is 9.75 Å². The van der Waals surface area contributed by atoms with Crippen molar-refractivity contribution in [2.24, 2.45) is 0 Å². The molecule has 0 atom stereocenters. The minimum Gasteiger partial charge on any atom is -0.321 e. The molecule has 0 radical (unpaired) electrons. The lowest BCUT2D eigenvalue weighted by Gasteiger charge is -2.08. The fraction of sp³-hybridized carbons (Fsp3) is 0.0588. The van der Waals surface area contributed by atoms with E-state index in [0.29, 0.717) is 21.1 Å². The molecule has 2 N–H and O–H groups in total. The zero-order valence-corrected chi connectivity index (χ0v) is 14.0. The molecule has 0 fully saturated rings. The first-order valence-corrected chi connectivity index (χ1v) is 8.70. The van der Waals surface area contributed by atoms with Crippen molar-refractivity contribution in [2.75, 3.05) is 10.6 Å². The normalized spacial score (nSPS) is 10.3. The molecular weight excluding hydrogens is 328 g/mol. The van der Waals surface area contributed by atoms with Crippen molar-refractivity contribution in [1.82, 2.24) is 0 Å². The summed E-state index contributed by atoms with van der Waals surface area (Å²) in [5.41, 5.74) is 2.24. The molecule has 0 aliphatic carbocycles. The molecule has 4 nitrogen and oxygen atoms in total. The van der Waals surface area contributed by atoms with Gasteiger partial charge in [0.2, 0.25) is 0 Å². The maximum Gasteiger partial charge on any atom is 0.265 e. The Morgan fingerprint density at radius 3 is 2.22 bits per heavy atom. The molecule has 0 bridgehead atoms. The van der Waals surface area contributed by atoms with Crippen LogP contribution in [0.4, 0.5) is 11.4 Å². The van der Waals surface area contributed by atoms with Crippen LogP contribution in [-0.2, 0) is 0 Å². The molecule has 2 amide bonds. The van der Waals surface area contributed by atoms with Crippen LogP contribution in [0, 0.1) is 6.92 Å². The van der Waals surface area contributed by atoms with E-state index in [0.717, 1.165) is 5.56 Å². The van der Waals surface area contributed by atoms with E-state index in [9.17, 15) is 9.59 Å². The Bertz CT molecular complexity index is 838. The number of carbonyl (C=O) groups is 2. The Kier molecular flexibility index (Phi) is 4.55. The van der Waals surface area contributed by atoms with Crippen molar-refractivity contribution in [3.63, 3.8) is 0 Å². The summed E-state index contributed by atoms with van der Waals surface area (Å²) in [4.78, 5) is 25.6. The molecule has 1 aromatic carbocycles. The van der Waals surface area contributed by atoms with Gasteiger partial charge in [-0.15, -0.1) is 22.7 Å². The number of nitrogens with one attached hydrogen (secondary N) is 2. The first-order chi connectivity index (χ1) is 11.1. The van der Waals surface area contributed by atoms with Crippen LogP contribution < -0.4 is 10.6 Å². The van der Waals surface area contributed by atoms with E-state index in [1.807, 2.05) is 29.8 Å². The van der Waals surface area contributed by atoms with Crippen molar-refractivity contribution < 1.29 is 9.59 Å². The molecule has 6 heteroatoms. The molecular formula is C17H14N2O2S2. The summed E-state index contributed by atoms with van der Waals surface area (Å²) in [6.07, 6.45) is 0. The summed E-state index contributed by atoms with van der Waals surface area (Å²) in [7, 11) is 0. The largest absolute Gasteiger partial charge is 0.321 e. The van der Waals surface area contributed by atoms with E-state index in [2.05, 4.69) is 10.6 Å². The van der Waals surface area contributed by atoms with Crippen LogP contribution in [0.1, 0.15) is 24.9 Å². The third-order valence-electron chi connectivity index (χ3n) is 3.19. The molecule has 0 saturated heterocycles. The molecule has 0 unspecified atom stereocenters. The molecule has 23 heavy (non-hydrogen) atoms. The minimum atomic E-state index is -0.155. The van der Waals surface area contributed by atoms with Crippen molar-refractivity contribution in [1.29, 1.82) is 0 Å². The van der Waals surface area contributed by atoms with Crippen LogP contribution in [0.3, 0.4) is 0 Å². The van der Waals surface area contributed by atoms with Crippen LogP contribution in [0.25, 0.3) is 0 Å². The first kappa shape index (κ1) is 15.5. The average molecular weight is 342 g/mol. The lowest BCUT2D eigenvalue weighted by Crippen LogP contribution is -2.13. The second kappa shape index (κ2) is 6.76. The van der Waals surface area contributed by atoms with Crippen LogP contribution in [-0.4, -0.2) is 11.8 Å². The number of thiophene rings is 2. The van der Waals surface area contributed by atoms with E-state index < -0.39 is 0 Å². The van der Waals surface area contributed by atoms with Crippen LogP contribution >= 0.6 is 22.7 Å². The summed E-state index contributed by atoms with van der Waals surface area (Å²) < 4.78 is 0. The molecule has 2 heterocycles. The van der Waals surface area contributed by atoms with Gasteiger partial charge in [-0.25, -0.2) is 0 Å². The Balaban J connectivity index is 1.71. The Morgan fingerprint density at radius 2 is 1.61 bits per heavy atom. The fourth-order valence-electron chi connectivity index (χ4n) is 2.07. The second-order valence-corrected chi connectivity index (χ2v) is 6.76. The van der Waals surface area contributed by atoms with Gasteiger partial charge in [0, 0.05) is 11.4 Å². The highest BCUT2D eigenvalue weighted by molar-refractivity contribution is 7.12. The van der Waals surface area contributed by atoms with E-state index in [-0.39, 0.29) is 11.8 Å². The molecule has 116 valence electrons. The summed E-state index contributed by atoms with van der Waals surface area (Å²) in [5.74, 6) is -0.295. The molecule has 2 aromatic heterocycles. The van der Waals surface area contributed by atoms with Gasteiger partial charge >= 0.3 is 0 Å². The lowest BCUT2D eigenvalue weighted by molar-refractivity contribution is 0.102. The third kappa shape index (κ3) is 3.67. The number of benzene rings is 1. The number of carbonyl (C=O) groups excluding carboxylic acids is 2.